The molecule has 2 aromatic rings. The Morgan fingerprint density at radius 3 is 2.42 bits per heavy atom. The number of anilines is 3. The summed E-state index contributed by atoms with van der Waals surface area (Å²) in [5.74, 6) is 1.79. The monoisotopic (exact) mass is 325 g/mol. The smallest absolute Gasteiger partial charge is 0.224 e. The summed E-state index contributed by atoms with van der Waals surface area (Å²) in [5, 5.41) is 3.34. The molecule has 128 valence electrons. The fourth-order valence-corrected chi connectivity index (χ4v) is 3.00. The Balaban J connectivity index is 1.63. The van der Waals surface area contributed by atoms with Crippen LogP contribution in [0, 0.1) is 6.92 Å². The van der Waals surface area contributed by atoms with E-state index in [0.717, 1.165) is 56.6 Å². The van der Waals surface area contributed by atoms with Crippen molar-refractivity contribution in [3.05, 3.63) is 42.1 Å². The molecule has 0 aliphatic carbocycles. The molecule has 1 aliphatic rings. The molecule has 2 heterocycles. The molecule has 0 radical (unpaired) electrons. The van der Waals surface area contributed by atoms with E-state index >= 15 is 0 Å². The van der Waals surface area contributed by atoms with E-state index in [2.05, 4.69) is 63.4 Å². The van der Waals surface area contributed by atoms with Gasteiger partial charge < -0.3 is 15.1 Å². The van der Waals surface area contributed by atoms with Crippen LogP contribution in [0.25, 0.3) is 0 Å². The third kappa shape index (κ3) is 4.16. The summed E-state index contributed by atoms with van der Waals surface area (Å²) in [5.41, 5.74) is 2.32. The van der Waals surface area contributed by atoms with Crippen molar-refractivity contribution in [2.45, 2.75) is 26.7 Å². The number of aryl methyl sites for hydroxylation is 1. The largest absolute Gasteiger partial charge is 0.368 e. The zero-order chi connectivity index (χ0) is 16.8. The van der Waals surface area contributed by atoms with Crippen molar-refractivity contribution in [1.82, 2.24) is 9.97 Å². The summed E-state index contributed by atoms with van der Waals surface area (Å²) in [4.78, 5) is 14.0. The van der Waals surface area contributed by atoms with Crippen molar-refractivity contribution in [1.29, 1.82) is 0 Å². The zero-order valence-electron chi connectivity index (χ0n) is 14.7. The Kier molecular flexibility index (Phi) is 5.51. The van der Waals surface area contributed by atoms with Gasteiger partial charge in [0.1, 0.15) is 5.82 Å². The fraction of sp³-hybridized carbons (Fsp3) is 0.474. The Bertz CT molecular complexity index is 635. The highest BCUT2D eigenvalue weighted by atomic mass is 15.3. The number of rotatable bonds is 6. The predicted molar refractivity (Wildman–Crippen MR) is 101 cm³/mol. The summed E-state index contributed by atoms with van der Waals surface area (Å²) < 4.78 is 0. The summed E-state index contributed by atoms with van der Waals surface area (Å²) >= 11 is 0. The van der Waals surface area contributed by atoms with Gasteiger partial charge in [-0.3, -0.25) is 0 Å². The van der Waals surface area contributed by atoms with Crippen molar-refractivity contribution in [3.63, 3.8) is 0 Å². The lowest BCUT2D eigenvalue weighted by Crippen LogP contribution is -2.46. The molecular weight excluding hydrogens is 298 g/mol. The van der Waals surface area contributed by atoms with Gasteiger partial charge in [0.15, 0.2) is 0 Å². The minimum Gasteiger partial charge on any atom is -0.368 e. The first-order valence-corrected chi connectivity index (χ1v) is 8.91. The third-order valence-electron chi connectivity index (χ3n) is 4.38. The van der Waals surface area contributed by atoms with Gasteiger partial charge in [-0.1, -0.05) is 31.5 Å². The zero-order valence-corrected chi connectivity index (χ0v) is 14.7. The highest BCUT2D eigenvalue weighted by Gasteiger charge is 2.19. The molecule has 1 aliphatic heterocycles. The molecule has 1 aromatic heterocycles. The molecule has 1 aromatic carbocycles. The lowest BCUT2D eigenvalue weighted by Gasteiger charge is -2.36. The Morgan fingerprint density at radius 2 is 1.71 bits per heavy atom. The Hall–Kier alpha value is -2.30. The molecule has 0 bridgehead atoms. The number of aromatic nitrogens is 2. The summed E-state index contributed by atoms with van der Waals surface area (Å²) in [6.07, 6.45) is 2.31. The molecule has 5 heteroatoms. The van der Waals surface area contributed by atoms with Crippen LogP contribution in [-0.2, 0) is 0 Å². The molecule has 0 spiro atoms. The number of hydrogen-bond donors (Lipinski definition) is 1. The van der Waals surface area contributed by atoms with Crippen LogP contribution in [0.15, 0.2) is 36.4 Å². The third-order valence-corrected chi connectivity index (χ3v) is 4.38. The maximum Gasteiger partial charge on any atom is 0.224 e. The van der Waals surface area contributed by atoms with Crippen molar-refractivity contribution in [2.24, 2.45) is 0 Å². The van der Waals surface area contributed by atoms with Gasteiger partial charge in [0.05, 0.1) is 0 Å². The minimum atomic E-state index is 0.754. The molecule has 0 unspecified atom stereocenters. The normalized spacial score (nSPS) is 14.8. The first kappa shape index (κ1) is 16.6. The van der Waals surface area contributed by atoms with Crippen LogP contribution >= 0.6 is 0 Å². The Morgan fingerprint density at radius 1 is 1.00 bits per heavy atom. The number of nitrogens with one attached hydrogen (secondary N) is 1. The van der Waals surface area contributed by atoms with Crippen molar-refractivity contribution in [2.75, 3.05) is 47.8 Å². The van der Waals surface area contributed by atoms with Gasteiger partial charge in [-0.2, -0.15) is 4.98 Å². The van der Waals surface area contributed by atoms with Crippen molar-refractivity contribution in [3.8, 4) is 0 Å². The molecule has 0 amide bonds. The maximum atomic E-state index is 4.71. The average Bonchev–Trinajstić information content (AvgIpc) is 2.62. The quantitative estimate of drug-likeness (QED) is 0.825. The second-order valence-electron chi connectivity index (χ2n) is 6.28. The number of piperazine rings is 1. The topological polar surface area (TPSA) is 44.3 Å². The van der Waals surface area contributed by atoms with Crippen LogP contribution < -0.4 is 15.1 Å². The Labute approximate surface area is 144 Å². The average molecular weight is 325 g/mol. The van der Waals surface area contributed by atoms with Crippen LogP contribution in [0.2, 0.25) is 0 Å². The van der Waals surface area contributed by atoms with Gasteiger partial charge in [-0.25, -0.2) is 4.98 Å². The summed E-state index contributed by atoms with van der Waals surface area (Å²) in [7, 11) is 0. The van der Waals surface area contributed by atoms with Gasteiger partial charge in [0.25, 0.3) is 0 Å². The van der Waals surface area contributed by atoms with Gasteiger partial charge >= 0.3 is 0 Å². The number of benzene rings is 1. The van der Waals surface area contributed by atoms with Gasteiger partial charge in [0, 0.05) is 50.2 Å². The highest BCUT2D eigenvalue weighted by molar-refractivity contribution is 5.50. The van der Waals surface area contributed by atoms with E-state index in [-0.39, 0.29) is 0 Å². The highest BCUT2D eigenvalue weighted by Crippen LogP contribution is 2.20. The van der Waals surface area contributed by atoms with Crippen LogP contribution in [0.5, 0.6) is 0 Å². The number of unbranched alkanes of at least 4 members (excludes halogenated alkanes) is 1. The lowest BCUT2D eigenvalue weighted by atomic mass is 10.2. The second kappa shape index (κ2) is 7.99. The van der Waals surface area contributed by atoms with Crippen LogP contribution in [0.4, 0.5) is 17.5 Å². The second-order valence-corrected chi connectivity index (χ2v) is 6.28. The lowest BCUT2D eigenvalue weighted by molar-refractivity contribution is 0.646. The van der Waals surface area contributed by atoms with Gasteiger partial charge in [-0.15, -0.1) is 0 Å². The van der Waals surface area contributed by atoms with Gasteiger partial charge in [0.2, 0.25) is 5.95 Å². The summed E-state index contributed by atoms with van der Waals surface area (Å²) in [6.45, 7) is 9.17. The molecule has 1 fully saturated rings. The van der Waals surface area contributed by atoms with E-state index in [4.69, 9.17) is 4.98 Å². The van der Waals surface area contributed by atoms with Crippen molar-refractivity contribution < 1.29 is 0 Å². The number of nitrogens with zero attached hydrogens (tertiary/aromatic N) is 4. The predicted octanol–water partition coefficient (Wildman–Crippen LogP) is 3.32. The van der Waals surface area contributed by atoms with Crippen LogP contribution in [0.1, 0.15) is 25.5 Å². The molecule has 1 saturated heterocycles. The van der Waals surface area contributed by atoms with E-state index in [1.54, 1.807) is 0 Å². The molecule has 3 rings (SSSR count). The summed E-state index contributed by atoms with van der Waals surface area (Å²) in [6, 6.07) is 12.7. The first-order chi connectivity index (χ1) is 11.8. The van der Waals surface area contributed by atoms with Crippen LogP contribution in [0.3, 0.4) is 0 Å². The maximum absolute atomic E-state index is 4.71. The van der Waals surface area contributed by atoms with Gasteiger partial charge in [-0.05, 0) is 25.5 Å². The SMILES string of the molecule is CCCCNc1nc(C)cc(N2CCN(c3ccccc3)CC2)n1. The molecule has 5 nitrogen and oxygen atoms in total. The molecule has 0 atom stereocenters. The molecule has 0 saturated carbocycles. The minimum absolute atomic E-state index is 0.754. The van der Waals surface area contributed by atoms with E-state index in [0.29, 0.717) is 0 Å². The number of hydrogen-bond acceptors (Lipinski definition) is 5. The molecular formula is C19H27N5. The van der Waals surface area contributed by atoms with E-state index in [1.807, 2.05) is 6.92 Å². The number of para-hydroxylation sites is 1. The fourth-order valence-electron chi connectivity index (χ4n) is 3.00. The first-order valence-electron chi connectivity index (χ1n) is 8.91. The molecule has 24 heavy (non-hydrogen) atoms. The van der Waals surface area contributed by atoms with E-state index < -0.39 is 0 Å². The van der Waals surface area contributed by atoms with Crippen LogP contribution in [-0.4, -0.2) is 42.7 Å². The van der Waals surface area contributed by atoms with E-state index in [1.165, 1.54) is 12.1 Å². The van der Waals surface area contributed by atoms with Crippen molar-refractivity contribution >= 4 is 17.5 Å². The standard InChI is InChI=1S/C19H27N5/c1-3-4-10-20-19-21-16(2)15-18(22-19)24-13-11-23(12-14-24)17-8-6-5-7-9-17/h5-9,15H,3-4,10-14H2,1-2H3,(H,20,21,22). The molecule has 1 N–H and O–H groups in total. The van der Waals surface area contributed by atoms with E-state index in [9.17, 15) is 0 Å².